The molecule has 0 heterocycles. The Bertz CT molecular complexity index is 458. The van der Waals surface area contributed by atoms with E-state index < -0.39 is 4.92 Å². The van der Waals surface area contributed by atoms with E-state index in [1.165, 1.54) is 12.1 Å². The lowest BCUT2D eigenvalue weighted by Crippen LogP contribution is -2.25. The van der Waals surface area contributed by atoms with Crippen LogP contribution in [-0.4, -0.2) is 28.7 Å². The van der Waals surface area contributed by atoms with Gasteiger partial charge in [0.2, 0.25) is 0 Å². The number of rotatable bonds is 6. The smallest absolute Gasteiger partial charge is 0.273 e. The number of nitro benzene ring substituents is 1. The van der Waals surface area contributed by atoms with Crippen LogP contribution in [0.3, 0.4) is 0 Å². The molecule has 0 aliphatic heterocycles. The highest BCUT2D eigenvalue weighted by molar-refractivity contribution is 5.64. The monoisotopic (exact) mass is 251 g/mol. The summed E-state index contributed by atoms with van der Waals surface area (Å²) in [5, 5.41) is 26.4. The van der Waals surface area contributed by atoms with E-state index in [-0.39, 0.29) is 17.8 Å². The van der Waals surface area contributed by atoms with Crippen molar-refractivity contribution >= 4 is 17.1 Å². The molecule has 1 saturated carbocycles. The quantitative estimate of drug-likeness (QED) is 0.531. The number of hydrogen-bond acceptors (Lipinski definition) is 5. The summed E-state index contributed by atoms with van der Waals surface area (Å²) in [5.74, 6) is 0. The molecule has 98 valence electrons. The Hall–Kier alpha value is -1.82. The van der Waals surface area contributed by atoms with Gasteiger partial charge in [0.25, 0.3) is 5.69 Å². The van der Waals surface area contributed by atoms with E-state index in [1.807, 2.05) is 13.0 Å². The summed E-state index contributed by atoms with van der Waals surface area (Å²) < 4.78 is 0. The molecule has 0 bridgehead atoms. The van der Waals surface area contributed by atoms with E-state index in [2.05, 4.69) is 10.6 Å². The molecule has 1 fully saturated rings. The third kappa shape index (κ3) is 2.70. The number of aliphatic hydroxyl groups is 1. The predicted molar refractivity (Wildman–Crippen MR) is 69.9 cm³/mol. The molecule has 2 rings (SSSR count). The molecule has 6 nitrogen and oxygen atoms in total. The zero-order valence-electron chi connectivity index (χ0n) is 10.3. The van der Waals surface area contributed by atoms with Gasteiger partial charge in [0.15, 0.2) is 0 Å². The van der Waals surface area contributed by atoms with Crippen LogP contribution in [-0.2, 0) is 0 Å². The molecule has 1 aromatic rings. The second-order valence-corrected chi connectivity index (χ2v) is 4.62. The Morgan fingerprint density at radius 2 is 2.06 bits per heavy atom. The zero-order chi connectivity index (χ0) is 13.2. The standard InChI is InChI=1S/C12H17N3O3/c1-2-13-9-5-10(7-11(6-9)15(17)18)14-12(8-16)3-4-12/h5-7,13-14,16H,2-4,8H2,1H3. The highest BCUT2D eigenvalue weighted by atomic mass is 16.6. The van der Waals surface area contributed by atoms with Gasteiger partial charge in [-0.2, -0.15) is 0 Å². The van der Waals surface area contributed by atoms with E-state index in [0.717, 1.165) is 12.8 Å². The van der Waals surface area contributed by atoms with Crippen LogP contribution in [0.2, 0.25) is 0 Å². The number of nitro groups is 1. The van der Waals surface area contributed by atoms with Crippen molar-refractivity contribution < 1.29 is 10.0 Å². The number of non-ortho nitro benzene ring substituents is 1. The summed E-state index contributed by atoms with van der Waals surface area (Å²) in [5.41, 5.74) is 1.15. The molecule has 0 saturated heterocycles. The fourth-order valence-corrected chi connectivity index (χ4v) is 1.87. The van der Waals surface area contributed by atoms with Crippen molar-refractivity contribution in [3.05, 3.63) is 28.3 Å². The minimum atomic E-state index is -0.412. The van der Waals surface area contributed by atoms with Crippen LogP contribution in [0.1, 0.15) is 19.8 Å². The number of hydrogen-bond donors (Lipinski definition) is 3. The Kier molecular flexibility index (Phi) is 3.38. The summed E-state index contributed by atoms with van der Waals surface area (Å²) in [6, 6.07) is 4.83. The highest BCUT2D eigenvalue weighted by Crippen LogP contribution is 2.39. The summed E-state index contributed by atoms with van der Waals surface area (Å²) in [6.45, 7) is 2.68. The Morgan fingerprint density at radius 1 is 1.39 bits per heavy atom. The van der Waals surface area contributed by atoms with Crippen molar-refractivity contribution in [3.63, 3.8) is 0 Å². The van der Waals surface area contributed by atoms with Crippen LogP contribution < -0.4 is 10.6 Å². The maximum absolute atomic E-state index is 10.9. The lowest BCUT2D eigenvalue weighted by molar-refractivity contribution is -0.384. The molecule has 0 amide bonds. The van der Waals surface area contributed by atoms with Crippen LogP contribution in [0.5, 0.6) is 0 Å². The van der Waals surface area contributed by atoms with Crippen LogP contribution in [0.15, 0.2) is 18.2 Å². The molecule has 3 N–H and O–H groups in total. The summed E-state index contributed by atoms with van der Waals surface area (Å²) in [4.78, 5) is 10.4. The largest absolute Gasteiger partial charge is 0.394 e. The number of anilines is 2. The van der Waals surface area contributed by atoms with Gasteiger partial charge in [-0.05, 0) is 25.8 Å². The lowest BCUT2D eigenvalue weighted by atomic mass is 10.2. The molecule has 6 heteroatoms. The summed E-state index contributed by atoms with van der Waals surface area (Å²) >= 11 is 0. The fraction of sp³-hybridized carbons (Fsp3) is 0.500. The second kappa shape index (κ2) is 4.81. The van der Waals surface area contributed by atoms with Gasteiger partial charge in [0.05, 0.1) is 17.1 Å². The zero-order valence-corrected chi connectivity index (χ0v) is 10.3. The van der Waals surface area contributed by atoms with Crippen LogP contribution in [0.25, 0.3) is 0 Å². The molecule has 1 aromatic carbocycles. The molecular formula is C12H17N3O3. The van der Waals surface area contributed by atoms with Crippen molar-refractivity contribution in [1.82, 2.24) is 0 Å². The fourth-order valence-electron chi connectivity index (χ4n) is 1.87. The van der Waals surface area contributed by atoms with Gasteiger partial charge in [0, 0.05) is 30.1 Å². The summed E-state index contributed by atoms with van der Waals surface area (Å²) in [7, 11) is 0. The van der Waals surface area contributed by atoms with Crippen molar-refractivity contribution in [2.45, 2.75) is 25.3 Å². The second-order valence-electron chi connectivity index (χ2n) is 4.62. The third-order valence-corrected chi connectivity index (χ3v) is 3.08. The first-order valence-corrected chi connectivity index (χ1v) is 6.01. The number of aliphatic hydroxyl groups excluding tert-OH is 1. The molecule has 1 aliphatic carbocycles. The molecule has 0 aromatic heterocycles. The average molecular weight is 251 g/mol. The van der Waals surface area contributed by atoms with Gasteiger partial charge in [-0.1, -0.05) is 0 Å². The normalized spacial score (nSPS) is 16.1. The molecule has 0 atom stereocenters. The van der Waals surface area contributed by atoms with Gasteiger partial charge in [0.1, 0.15) is 0 Å². The molecule has 18 heavy (non-hydrogen) atoms. The lowest BCUT2D eigenvalue weighted by Gasteiger charge is -2.16. The van der Waals surface area contributed by atoms with Crippen molar-refractivity contribution in [2.75, 3.05) is 23.8 Å². The minimum absolute atomic E-state index is 0.0460. The van der Waals surface area contributed by atoms with Crippen molar-refractivity contribution in [3.8, 4) is 0 Å². The SMILES string of the molecule is CCNc1cc(NC2(CO)CC2)cc([N+](=O)[O-])c1. The number of nitrogens with one attached hydrogen (secondary N) is 2. The van der Waals surface area contributed by atoms with E-state index in [9.17, 15) is 15.2 Å². The van der Waals surface area contributed by atoms with Crippen LogP contribution in [0.4, 0.5) is 17.1 Å². The van der Waals surface area contributed by atoms with Gasteiger partial charge in [-0.3, -0.25) is 10.1 Å². The topological polar surface area (TPSA) is 87.4 Å². The summed E-state index contributed by atoms with van der Waals surface area (Å²) in [6.07, 6.45) is 1.78. The maximum Gasteiger partial charge on any atom is 0.273 e. The van der Waals surface area contributed by atoms with E-state index in [1.54, 1.807) is 0 Å². The first-order valence-electron chi connectivity index (χ1n) is 6.01. The van der Waals surface area contributed by atoms with Gasteiger partial charge >= 0.3 is 0 Å². The predicted octanol–water partition coefficient (Wildman–Crippen LogP) is 1.96. The maximum atomic E-state index is 10.9. The third-order valence-electron chi connectivity index (χ3n) is 3.08. The average Bonchev–Trinajstić information content (AvgIpc) is 3.09. The molecule has 1 aliphatic rings. The highest BCUT2D eigenvalue weighted by Gasteiger charge is 2.42. The molecule has 0 unspecified atom stereocenters. The first kappa shape index (κ1) is 12.6. The first-order chi connectivity index (χ1) is 8.58. The number of benzene rings is 1. The van der Waals surface area contributed by atoms with Gasteiger partial charge < -0.3 is 15.7 Å². The van der Waals surface area contributed by atoms with Crippen LogP contribution >= 0.6 is 0 Å². The van der Waals surface area contributed by atoms with E-state index in [0.29, 0.717) is 17.9 Å². The van der Waals surface area contributed by atoms with E-state index >= 15 is 0 Å². The van der Waals surface area contributed by atoms with E-state index in [4.69, 9.17) is 0 Å². The molecule has 0 spiro atoms. The van der Waals surface area contributed by atoms with Crippen molar-refractivity contribution in [1.29, 1.82) is 0 Å². The number of nitrogens with zero attached hydrogens (tertiary/aromatic N) is 1. The Labute approximate surface area is 105 Å². The molecule has 0 radical (unpaired) electrons. The van der Waals surface area contributed by atoms with Gasteiger partial charge in [-0.25, -0.2) is 0 Å². The van der Waals surface area contributed by atoms with Crippen molar-refractivity contribution in [2.24, 2.45) is 0 Å². The minimum Gasteiger partial charge on any atom is -0.394 e. The molecular weight excluding hydrogens is 234 g/mol. The Morgan fingerprint density at radius 3 is 2.56 bits per heavy atom. The van der Waals surface area contributed by atoms with Gasteiger partial charge in [-0.15, -0.1) is 0 Å². The Balaban J connectivity index is 2.25. The van der Waals surface area contributed by atoms with Crippen LogP contribution in [0, 0.1) is 10.1 Å².